The minimum Gasteiger partial charge on any atom is -0.427 e. The van der Waals surface area contributed by atoms with E-state index in [-0.39, 0.29) is 24.3 Å². The summed E-state index contributed by atoms with van der Waals surface area (Å²) in [5.41, 5.74) is -0.0284. The van der Waals surface area contributed by atoms with Gasteiger partial charge in [-0.1, -0.05) is 6.08 Å². The lowest BCUT2D eigenvalue weighted by Gasteiger charge is -2.38. The summed E-state index contributed by atoms with van der Waals surface area (Å²) in [7, 11) is 0. The van der Waals surface area contributed by atoms with Gasteiger partial charge in [-0.15, -0.1) is 0 Å². The quantitative estimate of drug-likeness (QED) is 0.352. The average Bonchev–Trinajstić information content (AvgIpc) is 2.83. The highest BCUT2D eigenvalue weighted by Gasteiger charge is 2.48. The zero-order chi connectivity index (χ0) is 16.5. The van der Waals surface area contributed by atoms with E-state index in [1.165, 1.54) is 11.0 Å². The first-order valence-electron chi connectivity index (χ1n) is 6.96. The molecule has 1 saturated heterocycles. The van der Waals surface area contributed by atoms with Gasteiger partial charge in [0, 0.05) is 5.57 Å². The van der Waals surface area contributed by atoms with E-state index < -0.39 is 24.1 Å². The van der Waals surface area contributed by atoms with Crippen LogP contribution in [0.3, 0.4) is 0 Å². The predicted octanol–water partition coefficient (Wildman–Crippen LogP) is 0.494. The first kappa shape index (κ1) is 16.2. The normalized spacial score (nSPS) is 22.1. The zero-order valence-electron chi connectivity index (χ0n) is 12.8. The van der Waals surface area contributed by atoms with Crippen molar-refractivity contribution in [3.8, 4) is 0 Å². The van der Waals surface area contributed by atoms with Gasteiger partial charge in [0.15, 0.2) is 0 Å². The van der Waals surface area contributed by atoms with Crippen LogP contribution in [0, 0.1) is 5.41 Å². The van der Waals surface area contributed by atoms with Crippen molar-refractivity contribution in [1.29, 1.82) is 0 Å². The van der Waals surface area contributed by atoms with E-state index in [4.69, 9.17) is 14.6 Å². The largest absolute Gasteiger partial charge is 0.427 e. The lowest BCUT2D eigenvalue weighted by Crippen LogP contribution is -2.52. The van der Waals surface area contributed by atoms with E-state index in [9.17, 15) is 14.4 Å². The topological polar surface area (TPSA) is 93.1 Å². The Hall–Kier alpha value is -2.15. The maximum Gasteiger partial charge on any atom is 0.357 e. The number of rotatable bonds is 4. The number of amides is 1. The fourth-order valence-corrected chi connectivity index (χ4v) is 2.26. The highest BCUT2D eigenvalue weighted by Crippen LogP contribution is 2.38. The van der Waals surface area contributed by atoms with Gasteiger partial charge in [0.2, 0.25) is 6.79 Å². The van der Waals surface area contributed by atoms with Crippen molar-refractivity contribution in [2.24, 2.45) is 5.41 Å². The molecule has 1 unspecified atom stereocenters. The van der Waals surface area contributed by atoms with E-state index >= 15 is 0 Å². The summed E-state index contributed by atoms with van der Waals surface area (Å²) in [6.45, 7) is 4.37. The van der Waals surface area contributed by atoms with E-state index in [0.29, 0.717) is 12.0 Å². The Kier molecular flexibility index (Phi) is 4.37. The summed E-state index contributed by atoms with van der Waals surface area (Å²) in [6.07, 6.45) is 3.55. The van der Waals surface area contributed by atoms with Gasteiger partial charge in [-0.05, 0) is 33.3 Å². The lowest BCUT2D eigenvalue weighted by atomic mass is 9.94. The van der Waals surface area contributed by atoms with E-state index in [0.717, 1.165) is 0 Å². The molecule has 0 radical (unpaired) electrons. The number of aliphatic hydroxyl groups is 1. The number of hydrogen-bond acceptors (Lipinski definition) is 6. The summed E-state index contributed by atoms with van der Waals surface area (Å²) in [4.78, 5) is 36.7. The third kappa shape index (κ3) is 2.89. The molecule has 7 nitrogen and oxygen atoms in total. The standard InChI is InChI=1S/C15H19NO6/c1-15(2,3)14(20)22-8-21-13(19)11-5-4-10-9(6-7-17)12(18)16(10)11/h5-6,10,17H,4,7-8H2,1-3H3/b9-6+. The molecule has 0 saturated carbocycles. The number of carbonyl (C=O) groups is 3. The van der Waals surface area contributed by atoms with Crippen LogP contribution in [0.5, 0.6) is 0 Å². The van der Waals surface area contributed by atoms with Crippen LogP contribution in [-0.2, 0) is 23.9 Å². The maximum atomic E-state index is 11.9. The Morgan fingerprint density at radius 2 is 2.09 bits per heavy atom. The van der Waals surface area contributed by atoms with Crippen molar-refractivity contribution in [2.45, 2.75) is 33.2 Å². The first-order valence-corrected chi connectivity index (χ1v) is 6.96. The molecule has 2 rings (SSSR count). The molecule has 2 aliphatic heterocycles. The molecule has 1 atom stereocenters. The molecule has 0 aromatic carbocycles. The van der Waals surface area contributed by atoms with E-state index in [1.807, 2.05) is 0 Å². The highest BCUT2D eigenvalue weighted by atomic mass is 16.7. The second kappa shape index (κ2) is 5.92. The summed E-state index contributed by atoms with van der Waals surface area (Å²) < 4.78 is 9.72. The fraction of sp³-hybridized carbons (Fsp3) is 0.533. The van der Waals surface area contributed by atoms with E-state index in [1.54, 1.807) is 26.8 Å². The number of hydrogen-bond donors (Lipinski definition) is 1. The zero-order valence-corrected chi connectivity index (χ0v) is 12.8. The summed E-state index contributed by atoms with van der Waals surface area (Å²) >= 11 is 0. The SMILES string of the molecule is CC(C)(C)C(=O)OCOC(=O)C1=CCC2/C(=C\CO)C(=O)N12. The third-order valence-corrected chi connectivity index (χ3v) is 3.44. The lowest BCUT2D eigenvalue weighted by molar-refractivity contribution is -0.172. The Labute approximate surface area is 128 Å². The molecule has 0 bridgehead atoms. The molecular formula is C15H19NO6. The minimum absolute atomic E-state index is 0.150. The van der Waals surface area contributed by atoms with Crippen molar-refractivity contribution in [1.82, 2.24) is 4.90 Å². The molecule has 0 aromatic rings. The van der Waals surface area contributed by atoms with Gasteiger partial charge in [0.1, 0.15) is 5.70 Å². The molecule has 2 aliphatic rings. The number of esters is 2. The van der Waals surface area contributed by atoms with Crippen LogP contribution in [0.25, 0.3) is 0 Å². The summed E-state index contributed by atoms with van der Waals surface area (Å²) in [6, 6.07) is -0.209. The second-order valence-corrected chi connectivity index (χ2v) is 6.09. The monoisotopic (exact) mass is 309 g/mol. The van der Waals surface area contributed by atoms with Gasteiger partial charge in [-0.2, -0.15) is 0 Å². The number of nitrogens with zero attached hydrogens (tertiary/aromatic N) is 1. The Balaban J connectivity index is 1.87. The smallest absolute Gasteiger partial charge is 0.357 e. The molecule has 0 spiro atoms. The van der Waals surface area contributed by atoms with Crippen molar-refractivity contribution in [3.63, 3.8) is 0 Å². The molecule has 1 amide bonds. The number of aliphatic hydroxyl groups excluding tert-OH is 1. The Bertz CT molecular complexity index is 569. The molecule has 22 heavy (non-hydrogen) atoms. The van der Waals surface area contributed by atoms with Crippen LogP contribution in [0.15, 0.2) is 23.4 Å². The molecule has 2 heterocycles. The molecule has 0 aromatic heterocycles. The van der Waals surface area contributed by atoms with Crippen molar-refractivity contribution in [3.05, 3.63) is 23.4 Å². The minimum atomic E-state index is -0.708. The van der Waals surface area contributed by atoms with Crippen LogP contribution in [0.4, 0.5) is 0 Å². The summed E-state index contributed by atoms with van der Waals surface area (Å²) in [5.74, 6) is -1.50. The Morgan fingerprint density at radius 1 is 1.41 bits per heavy atom. The van der Waals surface area contributed by atoms with Gasteiger partial charge in [-0.25, -0.2) is 4.79 Å². The molecule has 7 heteroatoms. The molecular weight excluding hydrogens is 290 g/mol. The average molecular weight is 309 g/mol. The predicted molar refractivity (Wildman–Crippen MR) is 75.0 cm³/mol. The van der Waals surface area contributed by atoms with Crippen LogP contribution < -0.4 is 0 Å². The maximum absolute atomic E-state index is 11.9. The number of carbonyl (C=O) groups excluding carboxylic acids is 3. The number of ether oxygens (including phenoxy) is 2. The van der Waals surface area contributed by atoms with Gasteiger partial charge in [-0.3, -0.25) is 14.5 Å². The highest BCUT2D eigenvalue weighted by molar-refractivity contribution is 6.08. The van der Waals surface area contributed by atoms with Crippen molar-refractivity contribution < 1.29 is 29.0 Å². The van der Waals surface area contributed by atoms with Crippen LogP contribution in [0.2, 0.25) is 0 Å². The molecule has 0 aliphatic carbocycles. The number of fused-ring (bicyclic) bond motifs is 1. The molecule has 120 valence electrons. The van der Waals surface area contributed by atoms with Gasteiger partial charge in [0.25, 0.3) is 5.91 Å². The van der Waals surface area contributed by atoms with Gasteiger partial charge >= 0.3 is 11.9 Å². The summed E-state index contributed by atoms with van der Waals surface area (Å²) in [5, 5.41) is 8.84. The molecule has 1 N–H and O–H groups in total. The van der Waals surface area contributed by atoms with Crippen LogP contribution in [-0.4, -0.2) is 47.3 Å². The molecule has 1 fully saturated rings. The van der Waals surface area contributed by atoms with Gasteiger partial charge < -0.3 is 14.6 Å². The van der Waals surface area contributed by atoms with E-state index in [2.05, 4.69) is 0 Å². The number of β-lactam (4-membered cyclic amide) rings is 1. The van der Waals surface area contributed by atoms with Crippen LogP contribution in [0.1, 0.15) is 27.2 Å². The first-order chi connectivity index (χ1) is 10.3. The van der Waals surface area contributed by atoms with Crippen molar-refractivity contribution in [2.75, 3.05) is 13.4 Å². The van der Waals surface area contributed by atoms with Crippen LogP contribution >= 0.6 is 0 Å². The fourth-order valence-electron chi connectivity index (χ4n) is 2.26. The van der Waals surface area contributed by atoms with Crippen molar-refractivity contribution >= 4 is 17.8 Å². The second-order valence-electron chi connectivity index (χ2n) is 6.09. The Morgan fingerprint density at radius 3 is 2.68 bits per heavy atom. The van der Waals surface area contributed by atoms with Gasteiger partial charge in [0.05, 0.1) is 18.1 Å². The third-order valence-electron chi connectivity index (χ3n) is 3.44.